The van der Waals surface area contributed by atoms with Crippen LogP contribution in [0.3, 0.4) is 0 Å². The van der Waals surface area contributed by atoms with Gasteiger partial charge in [-0.15, -0.1) is 0 Å². The molecule has 0 aliphatic rings. The number of ether oxygens (including phenoxy) is 1. The molecule has 0 fully saturated rings. The third-order valence-electron chi connectivity index (χ3n) is 1.84. The number of halogens is 1. The minimum Gasteiger partial charge on any atom is -0.486 e. The van der Waals surface area contributed by atoms with Crippen LogP contribution < -0.4 is 4.74 Å². The van der Waals surface area contributed by atoms with Gasteiger partial charge < -0.3 is 9.84 Å². The number of benzene rings is 1. The Bertz CT molecular complexity index is 323. The molecule has 1 unspecified atom stereocenters. The number of aliphatic hydroxyl groups excluding tert-OH is 1. The minimum atomic E-state index is -0.0542. The maximum atomic E-state index is 9.10. The molecule has 0 amide bonds. The number of rotatable bonds is 4. The highest BCUT2D eigenvalue weighted by Crippen LogP contribution is 2.24. The summed E-state index contributed by atoms with van der Waals surface area (Å²) >= 11 is 3.33. The third kappa shape index (κ3) is 2.86. The molecule has 1 rings (SSSR count). The molecule has 0 radical (unpaired) electrons. The second kappa shape index (κ2) is 5.17. The van der Waals surface area contributed by atoms with E-state index in [1.807, 2.05) is 25.1 Å². The largest absolute Gasteiger partial charge is 0.486 e. The average Bonchev–Trinajstić information content (AvgIpc) is 2.20. The molecule has 1 aromatic carbocycles. The summed E-state index contributed by atoms with van der Waals surface area (Å²) in [6.07, 6.45) is 1.66. The fourth-order valence-electron chi connectivity index (χ4n) is 1.03. The molecule has 0 saturated heterocycles. The summed E-state index contributed by atoms with van der Waals surface area (Å²) in [6, 6.07) is 5.55. The Morgan fingerprint density at radius 1 is 1.64 bits per heavy atom. The molecule has 1 atom stereocenters. The van der Waals surface area contributed by atoms with Gasteiger partial charge in [-0.1, -0.05) is 28.6 Å². The molecule has 2 nitrogen and oxygen atoms in total. The standard InChI is InChI=1S/C11H13BrO2/c1-3-8(2)14-11-5-4-10(12)6-9(11)7-13/h3-6,8,13H,1,7H2,2H3. The third-order valence-corrected chi connectivity index (χ3v) is 2.33. The molecule has 1 N–H and O–H groups in total. The average molecular weight is 257 g/mol. The van der Waals surface area contributed by atoms with Crippen molar-refractivity contribution in [3.8, 4) is 5.75 Å². The summed E-state index contributed by atoms with van der Waals surface area (Å²) < 4.78 is 6.47. The fraction of sp³-hybridized carbons (Fsp3) is 0.273. The van der Waals surface area contributed by atoms with E-state index in [2.05, 4.69) is 22.5 Å². The monoisotopic (exact) mass is 256 g/mol. The van der Waals surface area contributed by atoms with Crippen LogP contribution in [0.5, 0.6) is 5.75 Å². The van der Waals surface area contributed by atoms with Crippen molar-refractivity contribution in [2.75, 3.05) is 0 Å². The quantitative estimate of drug-likeness (QED) is 0.840. The molecule has 0 heterocycles. The second-order valence-corrected chi connectivity index (χ2v) is 3.88. The molecule has 0 saturated carbocycles. The molecule has 0 aromatic heterocycles. The topological polar surface area (TPSA) is 29.5 Å². The van der Waals surface area contributed by atoms with Crippen molar-refractivity contribution < 1.29 is 9.84 Å². The molecule has 3 heteroatoms. The van der Waals surface area contributed by atoms with Gasteiger partial charge in [-0.05, 0) is 25.1 Å². The van der Waals surface area contributed by atoms with Gasteiger partial charge in [0.2, 0.25) is 0 Å². The highest BCUT2D eigenvalue weighted by Gasteiger charge is 2.05. The highest BCUT2D eigenvalue weighted by molar-refractivity contribution is 9.10. The highest BCUT2D eigenvalue weighted by atomic mass is 79.9. The summed E-state index contributed by atoms with van der Waals surface area (Å²) in [5.41, 5.74) is 0.771. The zero-order valence-corrected chi connectivity index (χ0v) is 9.62. The lowest BCUT2D eigenvalue weighted by atomic mass is 10.2. The Kier molecular flexibility index (Phi) is 4.17. The van der Waals surface area contributed by atoms with Crippen LogP contribution in [-0.4, -0.2) is 11.2 Å². The van der Waals surface area contributed by atoms with E-state index in [0.29, 0.717) is 5.75 Å². The van der Waals surface area contributed by atoms with Crippen LogP contribution in [0.2, 0.25) is 0 Å². The maximum absolute atomic E-state index is 9.10. The predicted molar refractivity (Wildman–Crippen MR) is 60.4 cm³/mol. The lowest BCUT2D eigenvalue weighted by Gasteiger charge is -2.13. The van der Waals surface area contributed by atoms with Crippen LogP contribution >= 0.6 is 15.9 Å². The Morgan fingerprint density at radius 3 is 2.93 bits per heavy atom. The molecular weight excluding hydrogens is 244 g/mol. The predicted octanol–water partition coefficient (Wildman–Crippen LogP) is 2.89. The molecule has 14 heavy (non-hydrogen) atoms. The molecule has 1 aromatic rings. The van der Waals surface area contributed by atoms with Gasteiger partial charge in [-0.25, -0.2) is 0 Å². The lowest BCUT2D eigenvalue weighted by Crippen LogP contribution is -2.08. The van der Waals surface area contributed by atoms with Gasteiger partial charge in [0.15, 0.2) is 0 Å². The van der Waals surface area contributed by atoms with Crippen LogP contribution in [-0.2, 0) is 6.61 Å². The summed E-state index contributed by atoms with van der Waals surface area (Å²) in [6.45, 7) is 5.50. The van der Waals surface area contributed by atoms with Crippen molar-refractivity contribution >= 4 is 15.9 Å². The first kappa shape index (κ1) is 11.3. The SMILES string of the molecule is C=CC(C)Oc1ccc(Br)cc1CO. The number of hydrogen-bond donors (Lipinski definition) is 1. The van der Waals surface area contributed by atoms with Crippen molar-refractivity contribution in [1.29, 1.82) is 0 Å². The van der Waals surface area contributed by atoms with E-state index in [0.717, 1.165) is 10.0 Å². The molecule has 0 aliphatic carbocycles. The Labute approximate surface area is 92.3 Å². The zero-order chi connectivity index (χ0) is 10.6. The number of hydrogen-bond acceptors (Lipinski definition) is 2. The first-order valence-corrected chi connectivity index (χ1v) is 5.15. The zero-order valence-electron chi connectivity index (χ0n) is 8.03. The summed E-state index contributed by atoms with van der Waals surface area (Å²) in [7, 11) is 0. The molecule has 0 aliphatic heterocycles. The Morgan fingerprint density at radius 2 is 2.36 bits per heavy atom. The van der Waals surface area contributed by atoms with Crippen molar-refractivity contribution in [3.05, 3.63) is 40.9 Å². The number of aliphatic hydroxyl groups is 1. The van der Waals surface area contributed by atoms with Crippen LogP contribution in [0, 0.1) is 0 Å². The normalized spacial score (nSPS) is 12.2. The van der Waals surface area contributed by atoms with E-state index >= 15 is 0 Å². The first-order valence-electron chi connectivity index (χ1n) is 4.36. The van der Waals surface area contributed by atoms with Gasteiger partial charge in [0, 0.05) is 10.0 Å². The van der Waals surface area contributed by atoms with E-state index < -0.39 is 0 Å². The van der Waals surface area contributed by atoms with Crippen LogP contribution in [0.25, 0.3) is 0 Å². The van der Waals surface area contributed by atoms with Gasteiger partial charge in [0.05, 0.1) is 6.61 Å². The van der Waals surface area contributed by atoms with Gasteiger partial charge in [-0.3, -0.25) is 0 Å². The molecule has 76 valence electrons. The van der Waals surface area contributed by atoms with Gasteiger partial charge in [-0.2, -0.15) is 0 Å². The van der Waals surface area contributed by atoms with Gasteiger partial charge in [0.25, 0.3) is 0 Å². The summed E-state index contributed by atoms with van der Waals surface area (Å²) in [5, 5.41) is 9.10. The van der Waals surface area contributed by atoms with E-state index in [-0.39, 0.29) is 12.7 Å². The summed E-state index contributed by atoms with van der Waals surface area (Å²) in [4.78, 5) is 0. The van der Waals surface area contributed by atoms with E-state index in [1.165, 1.54) is 0 Å². The molecule has 0 spiro atoms. The lowest BCUT2D eigenvalue weighted by molar-refractivity contribution is 0.243. The van der Waals surface area contributed by atoms with Crippen LogP contribution in [0.4, 0.5) is 0 Å². The van der Waals surface area contributed by atoms with Crippen molar-refractivity contribution in [2.45, 2.75) is 19.6 Å². The van der Waals surface area contributed by atoms with Crippen LogP contribution in [0.1, 0.15) is 12.5 Å². The Balaban J connectivity index is 2.90. The van der Waals surface area contributed by atoms with E-state index in [9.17, 15) is 0 Å². The first-order chi connectivity index (χ1) is 6.67. The van der Waals surface area contributed by atoms with Crippen molar-refractivity contribution in [2.24, 2.45) is 0 Å². The summed E-state index contributed by atoms with van der Waals surface area (Å²) in [5.74, 6) is 0.697. The van der Waals surface area contributed by atoms with Crippen molar-refractivity contribution in [1.82, 2.24) is 0 Å². The van der Waals surface area contributed by atoms with E-state index in [1.54, 1.807) is 6.08 Å². The molecule has 0 bridgehead atoms. The van der Waals surface area contributed by atoms with Gasteiger partial charge >= 0.3 is 0 Å². The Hall–Kier alpha value is -0.800. The molecular formula is C11H13BrO2. The second-order valence-electron chi connectivity index (χ2n) is 2.97. The van der Waals surface area contributed by atoms with Crippen molar-refractivity contribution in [3.63, 3.8) is 0 Å². The fourth-order valence-corrected chi connectivity index (χ4v) is 1.44. The maximum Gasteiger partial charge on any atom is 0.125 e. The smallest absolute Gasteiger partial charge is 0.125 e. The van der Waals surface area contributed by atoms with E-state index in [4.69, 9.17) is 9.84 Å². The van der Waals surface area contributed by atoms with Gasteiger partial charge in [0.1, 0.15) is 11.9 Å². The minimum absolute atomic E-state index is 0.0291. The van der Waals surface area contributed by atoms with Crippen LogP contribution in [0.15, 0.2) is 35.3 Å².